The fourth-order valence-corrected chi connectivity index (χ4v) is 3.48. The molecule has 0 radical (unpaired) electrons. The van der Waals surface area contributed by atoms with E-state index in [0.29, 0.717) is 36.7 Å². The molecule has 0 atom stereocenters. The first-order valence-electron chi connectivity index (χ1n) is 9.74. The number of amides is 1. The number of carbonyl (C=O) groups is 1. The molecule has 1 amide bonds. The van der Waals surface area contributed by atoms with Gasteiger partial charge in [-0.15, -0.1) is 0 Å². The second kappa shape index (κ2) is 7.71. The molecule has 2 N–H and O–H groups in total. The Kier molecular flexibility index (Phi) is 5.10. The molecule has 0 saturated heterocycles. The largest absolute Gasteiger partial charge is 0.487 e. The van der Waals surface area contributed by atoms with Gasteiger partial charge in [0.1, 0.15) is 16.9 Å². The van der Waals surface area contributed by atoms with Crippen LogP contribution in [0.5, 0.6) is 5.75 Å². The van der Waals surface area contributed by atoms with Crippen LogP contribution >= 0.6 is 0 Å². The van der Waals surface area contributed by atoms with E-state index < -0.39 is 0 Å². The van der Waals surface area contributed by atoms with Crippen molar-refractivity contribution in [3.63, 3.8) is 0 Å². The van der Waals surface area contributed by atoms with Crippen LogP contribution in [0.4, 0.5) is 11.4 Å². The Bertz CT molecular complexity index is 1040. The lowest BCUT2D eigenvalue weighted by Gasteiger charge is -2.17. The molecule has 0 spiro atoms. The van der Waals surface area contributed by atoms with Gasteiger partial charge in [0.15, 0.2) is 5.65 Å². The Morgan fingerprint density at radius 1 is 1.34 bits per heavy atom. The highest BCUT2D eigenvalue weighted by molar-refractivity contribution is 6.09. The lowest BCUT2D eigenvalue weighted by molar-refractivity contribution is 0.102. The van der Waals surface area contributed by atoms with Crippen LogP contribution in [0, 0.1) is 0 Å². The molecular weight excluding hydrogens is 370 g/mol. The van der Waals surface area contributed by atoms with Gasteiger partial charge in [-0.2, -0.15) is 5.10 Å². The highest BCUT2D eigenvalue weighted by Gasteiger charge is 2.31. The van der Waals surface area contributed by atoms with Gasteiger partial charge in [-0.25, -0.2) is 9.50 Å². The minimum Gasteiger partial charge on any atom is -0.487 e. The molecule has 4 rings (SSSR count). The summed E-state index contributed by atoms with van der Waals surface area (Å²) < 4.78 is 13.0. The van der Waals surface area contributed by atoms with E-state index in [1.165, 1.54) is 6.20 Å². The van der Waals surface area contributed by atoms with Crippen molar-refractivity contribution in [3.8, 4) is 5.75 Å². The number of anilines is 2. The first-order valence-corrected chi connectivity index (χ1v) is 9.74. The normalized spacial score (nSPS) is 14.4. The number of benzene rings is 1. The lowest BCUT2D eigenvalue weighted by Crippen LogP contribution is -2.24. The van der Waals surface area contributed by atoms with E-state index in [-0.39, 0.29) is 11.5 Å². The number of carbonyl (C=O) groups excluding carboxylic acids is 1. The molecule has 3 heterocycles. The minimum atomic E-state index is -0.264. The van der Waals surface area contributed by atoms with E-state index in [4.69, 9.17) is 9.47 Å². The van der Waals surface area contributed by atoms with Crippen molar-refractivity contribution < 1.29 is 14.3 Å². The van der Waals surface area contributed by atoms with Gasteiger partial charge in [0, 0.05) is 43.6 Å². The number of aromatic nitrogens is 3. The molecule has 0 fully saturated rings. The van der Waals surface area contributed by atoms with Crippen molar-refractivity contribution in [2.75, 3.05) is 30.4 Å². The summed E-state index contributed by atoms with van der Waals surface area (Å²) in [6.07, 6.45) is 5.71. The highest BCUT2D eigenvalue weighted by Crippen LogP contribution is 2.40. The highest BCUT2D eigenvalue weighted by atomic mass is 16.5. The summed E-state index contributed by atoms with van der Waals surface area (Å²) in [5, 5.41) is 10.5. The zero-order valence-corrected chi connectivity index (χ0v) is 16.9. The van der Waals surface area contributed by atoms with Gasteiger partial charge in [0.05, 0.1) is 24.2 Å². The minimum absolute atomic E-state index is 0.260. The van der Waals surface area contributed by atoms with Gasteiger partial charge in [-0.1, -0.05) is 0 Å². The van der Waals surface area contributed by atoms with Crippen molar-refractivity contribution in [3.05, 3.63) is 47.9 Å². The van der Waals surface area contributed by atoms with Crippen molar-refractivity contribution >= 4 is 22.9 Å². The van der Waals surface area contributed by atoms with Crippen LogP contribution in [0.15, 0.2) is 36.8 Å². The van der Waals surface area contributed by atoms with Gasteiger partial charge in [-0.05, 0) is 32.9 Å². The van der Waals surface area contributed by atoms with Crippen molar-refractivity contribution in [1.29, 1.82) is 0 Å². The quantitative estimate of drug-likeness (QED) is 0.598. The second-order valence-electron chi connectivity index (χ2n) is 7.57. The van der Waals surface area contributed by atoms with Crippen molar-refractivity contribution in [2.24, 2.45) is 0 Å². The lowest BCUT2D eigenvalue weighted by atomic mass is 10.0. The van der Waals surface area contributed by atoms with E-state index in [1.54, 1.807) is 23.0 Å². The number of hydrogen-bond donors (Lipinski definition) is 2. The predicted octanol–water partition coefficient (Wildman–Crippen LogP) is 3.14. The van der Waals surface area contributed by atoms with E-state index in [0.717, 1.165) is 23.4 Å². The van der Waals surface area contributed by atoms with Crippen LogP contribution in [0.2, 0.25) is 0 Å². The van der Waals surface area contributed by atoms with Gasteiger partial charge in [0.2, 0.25) is 0 Å². The van der Waals surface area contributed by atoms with Crippen molar-refractivity contribution in [2.45, 2.75) is 32.8 Å². The van der Waals surface area contributed by atoms with E-state index in [1.807, 2.05) is 19.1 Å². The second-order valence-corrected chi connectivity index (χ2v) is 7.57. The third-order valence-electron chi connectivity index (χ3n) is 4.74. The number of hydrogen-bond acceptors (Lipinski definition) is 6. The summed E-state index contributed by atoms with van der Waals surface area (Å²) >= 11 is 0. The molecule has 2 aromatic heterocycles. The Hall–Kier alpha value is -3.13. The Balaban J connectivity index is 1.61. The average molecular weight is 395 g/mol. The predicted molar refractivity (Wildman–Crippen MR) is 111 cm³/mol. The first-order chi connectivity index (χ1) is 14.0. The average Bonchev–Trinajstić information content (AvgIpc) is 3.24. The molecule has 0 aliphatic carbocycles. The first kappa shape index (κ1) is 19.2. The summed E-state index contributed by atoms with van der Waals surface area (Å²) in [5.41, 5.74) is 3.23. The van der Waals surface area contributed by atoms with Crippen LogP contribution in [0.1, 0.15) is 36.7 Å². The molecule has 1 aliphatic rings. The molecule has 152 valence electrons. The fourth-order valence-electron chi connectivity index (χ4n) is 3.48. The molecule has 0 bridgehead atoms. The van der Waals surface area contributed by atoms with Crippen LogP contribution < -0.4 is 15.4 Å². The van der Waals surface area contributed by atoms with E-state index in [2.05, 4.69) is 34.6 Å². The summed E-state index contributed by atoms with van der Waals surface area (Å²) in [6, 6.07) is 5.69. The maximum atomic E-state index is 13.0. The van der Waals surface area contributed by atoms with E-state index >= 15 is 0 Å². The molecular formula is C21H25N5O3. The number of nitrogens with one attached hydrogen (secondary N) is 2. The Labute approximate surface area is 169 Å². The molecule has 1 aliphatic heterocycles. The monoisotopic (exact) mass is 395 g/mol. The molecule has 8 nitrogen and oxygen atoms in total. The van der Waals surface area contributed by atoms with E-state index in [9.17, 15) is 4.79 Å². The maximum Gasteiger partial charge on any atom is 0.261 e. The van der Waals surface area contributed by atoms with Crippen LogP contribution in [0.3, 0.4) is 0 Å². The zero-order valence-electron chi connectivity index (χ0n) is 16.9. The topological polar surface area (TPSA) is 89.8 Å². The van der Waals surface area contributed by atoms with Crippen LogP contribution in [0.25, 0.3) is 5.65 Å². The molecule has 0 saturated carbocycles. The number of nitrogens with zero attached hydrogens (tertiary/aromatic N) is 3. The van der Waals surface area contributed by atoms with Gasteiger partial charge in [-0.3, -0.25) is 4.79 Å². The Morgan fingerprint density at radius 3 is 3.03 bits per heavy atom. The molecule has 0 unspecified atom stereocenters. The summed E-state index contributed by atoms with van der Waals surface area (Å²) in [7, 11) is 0. The SMILES string of the molecule is CCOCCNc1cc2c(cc1NC(=O)c1cnn3cccnc13)CC(C)(C)O2. The third kappa shape index (κ3) is 4.02. The van der Waals surface area contributed by atoms with Gasteiger partial charge >= 0.3 is 0 Å². The Morgan fingerprint density at radius 2 is 2.21 bits per heavy atom. The maximum absolute atomic E-state index is 13.0. The van der Waals surface area contributed by atoms with Crippen LogP contribution in [-0.2, 0) is 11.2 Å². The van der Waals surface area contributed by atoms with Gasteiger partial charge in [0.25, 0.3) is 5.91 Å². The smallest absolute Gasteiger partial charge is 0.261 e. The number of ether oxygens (including phenoxy) is 2. The summed E-state index contributed by atoms with van der Waals surface area (Å²) in [6.45, 7) is 7.93. The fraction of sp³-hybridized carbons (Fsp3) is 0.381. The van der Waals surface area contributed by atoms with Crippen LogP contribution in [-0.4, -0.2) is 45.9 Å². The summed E-state index contributed by atoms with van der Waals surface area (Å²) in [4.78, 5) is 17.2. The number of fused-ring (bicyclic) bond motifs is 2. The van der Waals surface area contributed by atoms with Crippen molar-refractivity contribution in [1.82, 2.24) is 14.6 Å². The molecule has 1 aromatic carbocycles. The van der Waals surface area contributed by atoms with Gasteiger partial charge < -0.3 is 20.1 Å². The molecule has 29 heavy (non-hydrogen) atoms. The third-order valence-corrected chi connectivity index (χ3v) is 4.74. The number of rotatable bonds is 7. The molecule has 8 heteroatoms. The standard InChI is InChI=1S/C21H25N5O3/c1-4-28-9-7-22-16-11-18-14(12-21(2,3)29-18)10-17(16)25-20(27)15-13-24-26-8-5-6-23-19(15)26/h5-6,8,10-11,13,22H,4,7,9,12H2,1-3H3,(H,25,27). The summed E-state index contributed by atoms with van der Waals surface area (Å²) in [5.74, 6) is 0.578. The zero-order chi connectivity index (χ0) is 20.4. The molecule has 3 aromatic rings.